The van der Waals surface area contributed by atoms with Gasteiger partial charge in [0.2, 0.25) is 5.91 Å². The standard InChI is InChI=1S/C29H41FN4O4/c1-21-13-6-7-14-23(21)15-12-20-38-29(37)34-22(2)26(24-16-8-9-17-25(24)30)27(35)32-18-10-4-3-5-11-19-33-28(31)36/h6-9,13-14,16-17,22,26H,3-5,10-12,15,18-20H2,1-2H3,(H,32,35)(H,34,37)(H3,31,33,36). The molecule has 208 valence electrons. The summed E-state index contributed by atoms with van der Waals surface area (Å²) in [6.45, 7) is 4.95. The molecule has 38 heavy (non-hydrogen) atoms. The molecular formula is C29H41FN4O4. The summed E-state index contributed by atoms with van der Waals surface area (Å²) >= 11 is 0. The zero-order valence-electron chi connectivity index (χ0n) is 22.4. The smallest absolute Gasteiger partial charge is 0.407 e. The van der Waals surface area contributed by atoms with Crippen molar-refractivity contribution in [1.82, 2.24) is 16.0 Å². The highest BCUT2D eigenvalue weighted by molar-refractivity contribution is 5.85. The third-order valence-corrected chi connectivity index (χ3v) is 6.41. The molecule has 0 saturated heterocycles. The first-order chi connectivity index (χ1) is 18.3. The Morgan fingerprint density at radius 1 is 0.895 bits per heavy atom. The van der Waals surface area contributed by atoms with Gasteiger partial charge in [-0.15, -0.1) is 0 Å². The molecule has 2 atom stereocenters. The van der Waals surface area contributed by atoms with E-state index in [9.17, 15) is 18.8 Å². The lowest BCUT2D eigenvalue weighted by Gasteiger charge is -2.25. The minimum Gasteiger partial charge on any atom is -0.450 e. The van der Waals surface area contributed by atoms with Crippen molar-refractivity contribution >= 4 is 18.0 Å². The Balaban J connectivity index is 1.81. The SMILES string of the molecule is Cc1ccccc1CCCOC(=O)NC(C)C(C(=O)NCCCCCCCNC(N)=O)c1ccccc1F. The van der Waals surface area contributed by atoms with Crippen LogP contribution in [0.1, 0.15) is 68.1 Å². The fraction of sp³-hybridized carbons (Fsp3) is 0.483. The molecule has 0 aliphatic heterocycles. The molecule has 0 radical (unpaired) electrons. The van der Waals surface area contributed by atoms with Gasteiger partial charge < -0.3 is 26.4 Å². The molecule has 2 unspecified atom stereocenters. The van der Waals surface area contributed by atoms with Gasteiger partial charge in [-0.25, -0.2) is 14.0 Å². The van der Waals surface area contributed by atoms with Crippen molar-refractivity contribution in [1.29, 1.82) is 0 Å². The van der Waals surface area contributed by atoms with E-state index >= 15 is 0 Å². The topological polar surface area (TPSA) is 123 Å². The second kappa shape index (κ2) is 17.0. The second-order valence-corrected chi connectivity index (χ2v) is 9.45. The van der Waals surface area contributed by atoms with Crippen LogP contribution in [0.5, 0.6) is 0 Å². The highest BCUT2D eigenvalue weighted by atomic mass is 19.1. The number of ether oxygens (including phenoxy) is 1. The minimum absolute atomic E-state index is 0.222. The number of hydrogen-bond acceptors (Lipinski definition) is 4. The minimum atomic E-state index is -0.907. The summed E-state index contributed by atoms with van der Waals surface area (Å²) in [7, 11) is 0. The van der Waals surface area contributed by atoms with Gasteiger partial charge in [-0.1, -0.05) is 61.7 Å². The first-order valence-electron chi connectivity index (χ1n) is 13.3. The predicted molar refractivity (Wildman–Crippen MR) is 146 cm³/mol. The molecule has 0 aliphatic rings. The van der Waals surface area contributed by atoms with Crippen molar-refractivity contribution in [3.05, 3.63) is 71.0 Å². The number of halogens is 1. The van der Waals surface area contributed by atoms with Crippen molar-refractivity contribution < 1.29 is 23.5 Å². The van der Waals surface area contributed by atoms with Gasteiger partial charge in [0, 0.05) is 24.7 Å². The van der Waals surface area contributed by atoms with Gasteiger partial charge in [-0.3, -0.25) is 4.79 Å². The monoisotopic (exact) mass is 528 g/mol. The lowest BCUT2D eigenvalue weighted by Crippen LogP contribution is -2.44. The summed E-state index contributed by atoms with van der Waals surface area (Å²) in [6.07, 6.45) is 5.25. The fourth-order valence-electron chi connectivity index (χ4n) is 4.31. The van der Waals surface area contributed by atoms with Crippen LogP contribution in [0.15, 0.2) is 48.5 Å². The number of hydrogen-bond donors (Lipinski definition) is 4. The molecule has 0 saturated carbocycles. The van der Waals surface area contributed by atoms with E-state index in [1.165, 1.54) is 17.2 Å². The molecule has 9 heteroatoms. The number of rotatable bonds is 16. The van der Waals surface area contributed by atoms with Gasteiger partial charge in [0.05, 0.1) is 12.5 Å². The zero-order chi connectivity index (χ0) is 27.8. The zero-order valence-corrected chi connectivity index (χ0v) is 22.4. The third kappa shape index (κ3) is 11.2. The number of nitrogens with two attached hydrogens (primary N) is 1. The number of carbonyl (C=O) groups excluding carboxylic acids is 3. The van der Waals surface area contributed by atoms with Crippen LogP contribution >= 0.6 is 0 Å². The van der Waals surface area contributed by atoms with Gasteiger partial charge in [0.25, 0.3) is 0 Å². The summed E-state index contributed by atoms with van der Waals surface area (Å²) in [6, 6.07) is 13.0. The van der Waals surface area contributed by atoms with Crippen LogP contribution in [0.4, 0.5) is 14.0 Å². The maximum Gasteiger partial charge on any atom is 0.407 e. The van der Waals surface area contributed by atoms with E-state index in [-0.39, 0.29) is 18.1 Å². The van der Waals surface area contributed by atoms with Crippen molar-refractivity contribution in [3.8, 4) is 0 Å². The summed E-state index contributed by atoms with van der Waals surface area (Å²) in [4.78, 5) is 36.2. The number of alkyl carbamates (subject to hydrolysis) is 1. The van der Waals surface area contributed by atoms with Gasteiger partial charge in [-0.05, 0) is 56.7 Å². The van der Waals surface area contributed by atoms with E-state index in [0.717, 1.165) is 38.5 Å². The van der Waals surface area contributed by atoms with Crippen LogP contribution in [0.25, 0.3) is 0 Å². The average molecular weight is 529 g/mol. The molecule has 8 nitrogen and oxygen atoms in total. The van der Waals surface area contributed by atoms with E-state index in [4.69, 9.17) is 10.5 Å². The number of amides is 4. The molecule has 0 spiro atoms. The first kappa shape index (κ1) is 30.6. The Morgan fingerprint density at radius 3 is 2.21 bits per heavy atom. The Bertz CT molecular complexity index is 1030. The normalized spacial score (nSPS) is 12.3. The molecule has 0 bridgehead atoms. The van der Waals surface area contributed by atoms with Crippen LogP contribution in [0, 0.1) is 12.7 Å². The number of nitrogens with one attached hydrogen (secondary N) is 3. The maximum atomic E-state index is 14.6. The molecule has 0 aliphatic carbocycles. The Morgan fingerprint density at radius 2 is 1.53 bits per heavy atom. The van der Waals surface area contributed by atoms with E-state index in [2.05, 4.69) is 22.0 Å². The molecule has 0 aromatic heterocycles. The lowest BCUT2D eigenvalue weighted by molar-refractivity contribution is -0.123. The first-order valence-corrected chi connectivity index (χ1v) is 13.3. The Kier molecular flexibility index (Phi) is 13.7. The number of urea groups is 1. The Hall–Kier alpha value is -3.62. The lowest BCUT2D eigenvalue weighted by atomic mass is 9.91. The fourth-order valence-corrected chi connectivity index (χ4v) is 4.31. The quantitative estimate of drug-likeness (QED) is 0.236. The van der Waals surface area contributed by atoms with E-state index in [0.29, 0.717) is 19.5 Å². The van der Waals surface area contributed by atoms with Crippen LogP contribution in [-0.2, 0) is 16.0 Å². The van der Waals surface area contributed by atoms with Gasteiger partial charge >= 0.3 is 12.1 Å². The average Bonchev–Trinajstić information content (AvgIpc) is 2.87. The number of carbonyl (C=O) groups is 3. The third-order valence-electron chi connectivity index (χ3n) is 6.41. The summed E-state index contributed by atoms with van der Waals surface area (Å²) in [5.41, 5.74) is 7.66. The van der Waals surface area contributed by atoms with Crippen LogP contribution in [-0.4, -0.2) is 43.8 Å². The largest absolute Gasteiger partial charge is 0.450 e. The van der Waals surface area contributed by atoms with Crippen molar-refractivity contribution in [2.75, 3.05) is 19.7 Å². The van der Waals surface area contributed by atoms with Crippen LogP contribution in [0.2, 0.25) is 0 Å². The van der Waals surface area contributed by atoms with E-state index in [1.54, 1.807) is 25.1 Å². The van der Waals surface area contributed by atoms with E-state index in [1.807, 2.05) is 25.1 Å². The maximum absolute atomic E-state index is 14.6. The summed E-state index contributed by atoms with van der Waals surface area (Å²) in [5.74, 6) is -1.76. The van der Waals surface area contributed by atoms with Gasteiger partial charge in [-0.2, -0.15) is 0 Å². The molecule has 4 amide bonds. The van der Waals surface area contributed by atoms with Crippen molar-refractivity contribution in [2.24, 2.45) is 5.73 Å². The molecule has 2 aromatic carbocycles. The highest BCUT2D eigenvalue weighted by Crippen LogP contribution is 2.23. The number of aryl methyl sites for hydroxylation is 2. The van der Waals surface area contributed by atoms with Crippen molar-refractivity contribution in [2.45, 2.75) is 70.8 Å². The summed E-state index contributed by atoms with van der Waals surface area (Å²) < 4.78 is 20.0. The predicted octanol–water partition coefficient (Wildman–Crippen LogP) is 4.70. The molecular weight excluding hydrogens is 487 g/mol. The molecule has 0 fully saturated rings. The number of primary amides is 1. The van der Waals surface area contributed by atoms with Crippen LogP contribution < -0.4 is 21.7 Å². The van der Waals surface area contributed by atoms with Crippen LogP contribution in [0.3, 0.4) is 0 Å². The second-order valence-electron chi connectivity index (χ2n) is 9.45. The molecule has 2 aromatic rings. The van der Waals surface area contributed by atoms with Crippen molar-refractivity contribution in [3.63, 3.8) is 0 Å². The number of unbranched alkanes of at least 4 members (excludes halogenated alkanes) is 4. The van der Waals surface area contributed by atoms with E-state index < -0.39 is 29.9 Å². The molecule has 5 N–H and O–H groups in total. The summed E-state index contributed by atoms with van der Waals surface area (Å²) in [5, 5.41) is 8.15. The Labute approximate surface area is 224 Å². The van der Waals surface area contributed by atoms with Gasteiger partial charge in [0.1, 0.15) is 5.82 Å². The van der Waals surface area contributed by atoms with Gasteiger partial charge in [0.15, 0.2) is 0 Å². The highest BCUT2D eigenvalue weighted by Gasteiger charge is 2.30. The number of benzene rings is 2. The molecule has 0 heterocycles. The molecule has 2 rings (SSSR count).